The van der Waals surface area contributed by atoms with Gasteiger partial charge in [-0.2, -0.15) is 0 Å². The molecule has 0 fully saturated rings. The van der Waals surface area contributed by atoms with Crippen LogP contribution in [0.3, 0.4) is 0 Å². The van der Waals surface area contributed by atoms with Gasteiger partial charge in [-0.05, 0) is 66.5 Å². The smallest absolute Gasteiger partial charge is 0.128 e. The molecular weight excluding hydrogens is 438 g/mol. The molecule has 0 heterocycles. The quantitative estimate of drug-likeness (QED) is 0.496. The van der Waals surface area contributed by atoms with Gasteiger partial charge in [0.05, 0.1) is 12.6 Å². The third kappa shape index (κ3) is 4.35. The van der Waals surface area contributed by atoms with Crippen LogP contribution in [0.1, 0.15) is 46.3 Å². The van der Waals surface area contributed by atoms with E-state index in [0.717, 1.165) is 58.1 Å². The van der Waals surface area contributed by atoms with E-state index in [2.05, 4.69) is 40.2 Å². The number of benzene rings is 3. The number of aliphatic hydroxyl groups excluding tert-OH is 1. The fourth-order valence-electron chi connectivity index (χ4n) is 4.18. The van der Waals surface area contributed by atoms with Crippen molar-refractivity contribution < 1.29 is 10.2 Å². The first-order chi connectivity index (χ1) is 14.6. The summed E-state index contributed by atoms with van der Waals surface area (Å²) in [6, 6.07) is 20.2. The first kappa shape index (κ1) is 20.8. The first-order valence-electron chi connectivity index (χ1n) is 10.4. The molecule has 0 aliphatic heterocycles. The van der Waals surface area contributed by atoms with E-state index in [4.69, 9.17) is 4.99 Å². The average molecular weight is 464 g/mol. The van der Waals surface area contributed by atoms with E-state index in [1.54, 1.807) is 0 Å². The molecule has 7 rings (SSSR count). The van der Waals surface area contributed by atoms with Crippen LogP contribution in [0.15, 0.2) is 70.1 Å². The van der Waals surface area contributed by atoms with Gasteiger partial charge >= 0.3 is 0 Å². The maximum atomic E-state index is 11.2. The van der Waals surface area contributed by atoms with Gasteiger partial charge < -0.3 is 10.2 Å². The lowest BCUT2D eigenvalue weighted by Crippen LogP contribution is -2.10. The van der Waals surface area contributed by atoms with Gasteiger partial charge in [0.2, 0.25) is 0 Å². The number of phenols is 1. The molecule has 0 spiro atoms. The Morgan fingerprint density at radius 1 is 0.933 bits per heavy atom. The number of hydrogen-bond acceptors (Lipinski definition) is 3. The van der Waals surface area contributed by atoms with Crippen LogP contribution in [0.25, 0.3) is 0 Å². The molecular formula is C26H26BrNO2. The van der Waals surface area contributed by atoms with Crippen molar-refractivity contribution in [3.05, 3.63) is 98.5 Å². The molecule has 1 atom stereocenters. The minimum atomic E-state index is -0.344. The molecule has 4 heteroatoms. The summed E-state index contributed by atoms with van der Waals surface area (Å²) in [6.45, 7) is 1.86. The molecule has 30 heavy (non-hydrogen) atoms. The second-order valence-corrected chi connectivity index (χ2v) is 8.71. The molecule has 0 unspecified atom stereocenters. The second-order valence-electron chi connectivity index (χ2n) is 7.86. The maximum Gasteiger partial charge on any atom is 0.128 e. The SMILES string of the molecule is CC(=N[C@@H](CO)c1ccccc1)c1c2ccc(c1O)CCc1ccc(cc1Br)CC2. The molecule has 0 saturated heterocycles. The molecule has 0 saturated carbocycles. The molecule has 0 amide bonds. The van der Waals surface area contributed by atoms with Crippen LogP contribution in [-0.4, -0.2) is 22.5 Å². The van der Waals surface area contributed by atoms with Gasteiger partial charge in [0.15, 0.2) is 0 Å². The van der Waals surface area contributed by atoms with E-state index in [0.29, 0.717) is 5.75 Å². The Hall–Kier alpha value is -2.43. The van der Waals surface area contributed by atoms with Crippen LogP contribution >= 0.6 is 15.9 Å². The first-order valence-corrected chi connectivity index (χ1v) is 11.2. The van der Waals surface area contributed by atoms with Crippen LogP contribution in [0.5, 0.6) is 5.75 Å². The highest BCUT2D eigenvalue weighted by atomic mass is 79.9. The largest absolute Gasteiger partial charge is 0.507 e. The highest BCUT2D eigenvalue weighted by Gasteiger charge is 2.19. The normalized spacial score (nSPS) is 15.0. The summed E-state index contributed by atoms with van der Waals surface area (Å²) in [6.07, 6.45) is 3.32. The van der Waals surface area contributed by atoms with Crippen molar-refractivity contribution in [1.82, 2.24) is 0 Å². The zero-order valence-electron chi connectivity index (χ0n) is 17.1. The zero-order chi connectivity index (χ0) is 21.1. The number of aliphatic imine (C=N–C) groups is 1. The number of aryl methyl sites for hydroxylation is 4. The molecule has 4 aliphatic carbocycles. The molecule has 2 N–H and O–H groups in total. The summed E-state index contributed by atoms with van der Waals surface area (Å²) in [4.78, 5) is 4.82. The summed E-state index contributed by atoms with van der Waals surface area (Å²) in [7, 11) is 0. The number of nitrogens with zero attached hydrogens (tertiary/aromatic N) is 1. The lowest BCUT2D eigenvalue weighted by Gasteiger charge is -2.19. The van der Waals surface area contributed by atoms with E-state index >= 15 is 0 Å². The standard InChI is InChI=1S/C26H26BrNO2/c1-17(28-24(16-29)20-5-3-2-4-6-20)25-21-10-8-18-7-9-19(23(27)15-18)11-13-22(14-12-21)26(25)30/h2-7,9,12,14-15,24,29-30H,8,10-11,13,16H2,1H3/t24-/m0/s1. The Morgan fingerprint density at radius 2 is 1.60 bits per heavy atom. The second kappa shape index (κ2) is 9.15. The van der Waals surface area contributed by atoms with Crippen molar-refractivity contribution in [2.24, 2.45) is 4.99 Å². The highest BCUT2D eigenvalue weighted by Crippen LogP contribution is 2.32. The number of rotatable bonds is 4. The summed E-state index contributed by atoms with van der Waals surface area (Å²) >= 11 is 3.70. The molecule has 154 valence electrons. The van der Waals surface area contributed by atoms with Crippen molar-refractivity contribution >= 4 is 21.6 Å². The Kier molecular flexibility index (Phi) is 6.35. The minimum absolute atomic E-state index is 0.0724. The van der Waals surface area contributed by atoms with Gasteiger partial charge in [0.25, 0.3) is 0 Å². The van der Waals surface area contributed by atoms with Gasteiger partial charge in [-0.25, -0.2) is 0 Å². The fourth-order valence-corrected chi connectivity index (χ4v) is 4.81. The maximum absolute atomic E-state index is 11.2. The zero-order valence-corrected chi connectivity index (χ0v) is 18.7. The monoisotopic (exact) mass is 463 g/mol. The van der Waals surface area contributed by atoms with Crippen molar-refractivity contribution in [2.75, 3.05) is 6.61 Å². The van der Waals surface area contributed by atoms with Gasteiger partial charge in [-0.1, -0.05) is 70.5 Å². The summed E-state index contributed by atoms with van der Waals surface area (Å²) in [5.41, 5.74) is 7.08. The molecule has 4 bridgehead atoms. The van der Waals surface area contributed by atoms with Crippen LogP contribution in [0, 0.1) is 0 Å². The lowest BCUT2D eigenvalue weighted by atomic mass is 9.90. The average Bonchev–Trinajstić information content (AvgIpc) is 2.75. The molecule has 3 nitrogen and oxygen atoms in total. The van der Waals surface area contributed by atoms with Crippen molar-refractivity contribution in [3.8, 4) is 5.75 Å². The molecule has 0 radical (unpaired) electrons. The van der Waals surface area contributed by atoms with E-state index in [-0.39, 0.29) is 12.6 Å². The van der Waals surface area contributed by atoms with E-state index in [9.17, 15) is 10.2 Å². The predicted octanol–water partition coefficient (Wildman–Crippen LogP) is 5.58. The van der Waals surface area contributed by atoms with Gasteiger partial charge in [0, 0.05) is 15.7 Å². The van der Waals surface area contributed by atoms with Crippen LogP contribution in [0.2, 0.25) is 0 Å². The van der Waals surface area contributed by atoms with Gasteiger partial charge in [-0.15, -0.1) is 0 Å². The van der Waals surface area contributed by atoms with Crippen molar-refractivity contribution in [1.29, 1.82) is 0 Å². The van der Waals surface area contributed by atoms with Crippen LogP contribution in [-0.2, 0) is 25.7 Å². The van der Waals surface area contributed by atoms with E-state index < -0.39 is 0 Å². The lowest BCUT2D eigenvalue weighted by molar-refractivity contribution is 0.269. The molecule has 0 aromatic heterocycles. The van der Waals surface area contributed by atoms with Crippen molar-refractivity contribution in [3.63, 3.8) is 0 Å². The number of halogens is 1. The van der Waals surface area contributed by atoms with Crippen LogP contribution < -0.4 is 0 Å². The summed E-state index contributed by atoms with van der Waals surface area (Å²) in [5.74, 6) is 0.324. The fraction of sp³-hybridized carbons (Fsp3) is 0.269. The summed E-state index contributed by atoms with van der Waals surface area (Å²) in [5, 5.41) is 21.1. The number of aliphatic hydroxyl groups is 1. The third-order valence-electron chi connectivity index (χ3n) is 5.88. The van der Waals surface area contributed by atoms with Gasteiger partial charge in [-0.3, -0.25) is 4.99 Å². The number of aromatic hydroxyl groups is 1. The van der Waals surface area contributed by atoms with Crippen LogP contribution in [0.4, 0.5) is 0 Å². The van der Waals surface area contributed by atoms with E-state index in [1.807, 2.05) is 43.3 Å². The number of hydrogen-bond donors (Lipinski definition) is 2. The Balaban J connectivity index is 1.75. The molecule has 3 aromatic rings. The Bertz CT molecular complexity index is 1080. The Morgan fingerprint density at radius 3 is 2.33 bits per heavy atom. The minimum Gasteiger partial charge on any atom is -0.507 e. The highest BCUT2D eigenvalue weighted by molar-refractivity contribution is 9.10. The summed E-state index contributed by atoms with van der Waals surface area (Å²) < 4.78 is 1.14. The third-order valence-corrected chi connectivity index (χ3v) is 6.62. The molecule has 4 aliphatic rings. The number of phenolic OH excluding ortho intramolecular Hbond substituents is 1. The Labute approximate surface area is 186 Å². The molecule has 3 aromatic carbocycles. The topological polar surface area (TPSA) is 52.8 Å². The van der Waals surface area contributed by atoms with Crippen molar-refractivity contribution in [2.45, 2.75) is 38.6 Å². The van der Waals surface area contributed by atoms with Gasteiger partial charge in [0.1, 0.15) is 5.75 Å². The van der Waals surface area contributed by atoms with E-state index in [1.165, 1.54) is 11.1 Å². The predicted molar refractivity (Wildman–Crippen MR) is 126 cm³/mol.